The van der Waals surface area contributed by atoms with E-state index in [4.69, 9.17) is 0 Å². The second-order valence-corrected chi connectivity index (χ2v) is 5.17. The Morgan fingerprint density at radius 2 is 2.05 bits per heavy atom. The Morgan fingerprint density at radius 3 is 2.50 bits per heavy atom. The number of rotatable bonds is 3. The summed E-state index contributed by atoms with van der Waals surface area (Å²) in [6, 6.07) is -0.491. The fourth-order valence-electron chi connectivity index (χ4n) is 2.14. The number of carbonyl (C=O) groups is 1. The minimum atomic E-state index is -4.53. The minimum Gasteiger partial charge on any atom is -0.335 e. The quantitative estimate of drug-likeness (QED) is 0.899. The van der Waals surface area contributed by atoms with Crippen molar-refractivity contribution in [3.05, 3.63) is 11.3 Å². The van der Waals surface area contributed by atoms with Crippen LogP contribution in [0.5, 0.6) is 0 Å². The van der Waals surface area contributed by atoms with Gasteiger partial charge in [-0.15, -0.1) is 0 Å². The van der Waals surface area contributed by atoms with Crippen molar-refractivity contribution >= 4 is 11.8 Å². The van der Waals surface area contributed by atoms with E-state index in [0.29, 0.717) is 5.92 Å². The molecule has 0 spiro atoms. The van der Waals surface area contributed by atoms with Crippen LogP contribution in [0.15, 0.2) is 0 Å². The van der Waals surface area contributed by atoms with Crippen molar-refractivity contribution in [3.8, 4) is 0 Å². The molecule has 1 aliphatic rings. The minimum absolute atomic E-state index is 0.0191. The molecular formula is C12H17F3N4O. The van der Waals surface area contributed by atoms with Crippen molar-refractivity contribution in [3.63, 3.8) is 0 Å². The highest BCUT2D eigenvalue weighted by molar-refractivity contribution is 5.89. The number of nitrogens with zero attached hydrogens (tertiary/aromatic N) is 2. The molecule has 1 fully saturated rings. The highest BCUT2D eigenvalue weighted by atomic mass is 19.4. The van der Waals surface area contributed by atoms with E-state index in [1.165, 1.54) is 14.0 Å². The molecule has 8 heteroatoms. The normalized spacial score (nSPS) is 16.9. The maximum absolute atomic E-state index is 12.7. The van der Waals surface area contributed by atoms with Crippen molar-refractivity contribution in [1.29, 1.82) is 0 Å². The van der Waals surface area contributed by atoms with Gasteiger partial charge in [0, 0.05) is 18.7 Å². The molecule has 1 saturated carbocycles. The summed E-state index contributed by atoms with van der Waals surface area (Å²) in [5.41, 5.74) is -1.07. The van der Waals surface area contributed by atoms with Gasteiger partial charge in [-0.1, -0.05) is 0 Å². The number of alkyl halides is 3. The predicted molar refractivity (Wildman–Crippen MR) is 67.3 cm³/mol. The zero-order valence-electron chi connectivity index (χ0n) is 11.5. The van der Waals surface area contributed by atoms with Crippen LogP contribution in [0.2, 0.25) is 0 Å². The second-order valence-electron chi connectivity index (χ2n) is 5.17. The Kier molecular flexibility index (Phi) is 3.66. The van der Waals surface area contributed by atoms with Crippen LogP contribution in [0, 0.1) is 12.8 Å². The Bertz CT molecular complexity index is 520. The van der Waals surface area contributed by atoms with Gasteiger partial charge in [0.2, 0.25) is 0 Å². The van der Waals surface area contributed by atoms with Crippen LogP contribution >= 0.6 is 0 Å². The molecular weight excluding hydrogens is 273 g/mol. The van der Waals surface area contributed by atoms with E-state index < -0.39 is 17.9 Å². The maximum Gasteiger partial charge on any atom is 0.435 e. The Balaban J connectivity index is 2.09. The Hall–Kier alpha value is -1.73. The molecule has 0 saturated heterocycles. The molecule has 0 aliphatic heterocycles. The fourth-order valence-corrected chi connectivity index (χ4v) is 2.14. The summed E-state index contributed by atoms with van der Waals surface area (Å²) in [7, 11) is 1.36. The SMILES string of the molecule is Cc1c(C(F)(F)F)nn(C)c1NC(=O)N[C@H](C)C1CC1. The lowest BCUT2D eigenvalue weighted by atomic mass is 10.2. The van der Waals surface area contributed by atoms with Crippen LogP contribution in [0.1, 0.15) is 31.0 Å². The molecule has 1 atom stereocenters. The smallest absolute Gasteiger partial charge is 0.335 e. The molecule has 20 heavy (non-hydrogen) atoms. The van der Waals surface area contributed by atoms with Crippen molar-refractivity contribution < 1.29 is 18.0 Å². The zero-order chi connectivity index (χ0) is 15.1. The number of aryl methyl sites for hydroxylation is 1. The lowest BCUT2D eigenvalue weighted by Gasteiger charge is -2.14. The van der Waals surface area contributed by atoms with E-state index in [9.17, 15) is 18.0 Å². The van der Waals surface area contributed by atoms with E-state index in [1.807, 2.05) is 6.92 Å². The van der Waals surface area contributed by atoms with Gasteiger partial charge >= 0.3 is 12.2 Å². The van der Waals surface area contributed by atoms with Gasteiger partial charge in [-0.2, -0.15) is 18.3 Å². The molecule has 2 N–H and O–H groups in total. The van der Waals surface area contributed by atoms with Crippen LogP contribution in [0.25, 0.3) is 0 Å². The highest BCUT2D eigenvalue weighted by Gasteiger charge is 2.38. The van der Waals surface area contributed by atoms with Crippen molar-refractivity contribution in [1.82, 2.24) is 15.1 Å². The first kappa shape index (κ1) is 14.7. The number of hydrogen-bond donors (Lipinski definition) is 2. The molecule has 0 aromatic carbocycles. The number of carbonyl (C=O) groups excluding carboxylic acids is 1. The topological polar surface area (TPSA) is 59.0 Å². The molecule has 112 valence electrons. The molecule has 1 heterocycles. The summed E-state index contributed by atoms with van der Waals surface area (Å²) in [5.74, 6) is 0.525. The number of urea groups is 1. The molecule has 1 aromatic heterocycles. The number of anilines is 1. The van der Waals surface area contributed by atoms with Gasteiger partial charge in [0.1, 0.15) is 5.82 Å². The van der Waals surface area contributed by atoms with Crippen LogP contribution < -0.4 is 10.6 Å². The molecule has 0 radical (unpaired) electrons. The first-order valence-electron chi connectivity index (χ1n) is 6.38. The maximum atomic E-state index is 12.7. The zero-order valence-corrected chi connectivity index (χ0v) is 11.5. The molecule has 2 amide bonds. The van der Waals surface area contributed by atoms with Crippen LogP contribution in [-0.4, -0.2) is 21.9 Å². The first-order chi connectivity index (χ1) is 9.20. The molecule has 0 bridgehead atoms. The van der Waals surface area contributed by atoms with Gasteiger partial charge in [0.05, 0.1) is 0 Å². The van der Waals surface area contributed by atoms with E-state index >= 15 is 0 Å². The molecule has 1 aromatic rings. The summed E-state index contributed by atoms with van der Waals surface area (Å²) >= 11 is 0. The second kappa shape index (κ2) is 4.99. The van der Waals surface area contributed by atoms with Gasteiger partial charge in [0.25, 0.3) is 0 Å². The third-order valence-electron chi connectivity index (χ3n) is 3.47. The van der Waals surface area contributed by atoms with Crippen molar-refractivity contribution in [2.24, 2.45) is 13.0 Å². The molecule has 2 rings (SSSR count). The predicted octanol–water partition coefficient (Wildman–Crippen LogP) is 2.67. The van der Waals surface area contributed by atoms with E-state index in [2.05, 4.69) is 15.7 Å². The summed E-state index contributed by atoms with van der Waals surface area (Å²) in [6.07, 6.45) is -2.38. The van der Waals surface area contributed by atoms with E-state index in [1.54, 1.807) is 0 Å². The Labute approximate surface area is 114 Å². The molecule has 5 nitrogen and oxygen atoms in total. The van der Waals surface area contributed by atoms with Crippen molar-refractivity contribution in [2.45, 2.75) is 38.9 Å². The summed E-state index contributed by atoms with van der Waals surface area (Å²) < 4.78 is 39.1. The fraction of sp³-hybridized carbons (Fsp3) is 0.667. The van der Waals surface area contributed by atoms with E-state index in [0.717, 1.165) is 17.5 Å². The average Bonchev–Trinajstić information content (AvgIpc) is 3.10. The summed E-state index contributed by atoms with van der Waals surface area (Å²) in [4.78, 5) is 11.8. The number of nitrogens with one attached hydrogen (secondary N) is 2. The van der Waals surface area contributed by atoms with E-state index in [-0.39, 0.29) is 17.4 Å². The number of amides is 2. The van der Waals surface area contributed by atoms with Crippen LogP contribution in [0.4, 0.5) is 23.8 Å². The molecule has 1 aliphatic carbocycles. The number of halogens is 3. The summed E-state index contributed by atoms with van der Waals surface area (Å²) in [6.45, 7) is 3.17. The molecule has 0 unspecified atom stereocenters. The van der Waals surface area contributed by atoms with Gasteiger partial charge in [0.15, 0.2) is 5.69 Å². The Morgan fingerprint density at radius 1 is 1.45 bits per heavy atom. The van der Waals surface area contributed by atoms with Crippen LogP contribution in [0.3, 0.4) is 0 Å². The van der Waals surface area contributed by atoms with Gasteiger partial charge < -0.3 is 5.32 Å². The standard InChI is InChI=1S/C12H17F3N4O/c1-6-9(12(13,14)15)18-19(3)10(6)17-11(20)16-7(2)8-4-5-8/h7-8H,4-5H2,1-3H3,(H2,16,17,20)/t7-/m1/s1. The van der Waals surface area contributed by atoms with Crippen LogP contribution in [-0.2, 0) is 13.2 Å². The van der Waals surface area contributed by atoms with Gasteiger partial charge in [-0.3, -0.25) is 10.00 Å². The van der Waals surface area contributed by atoms with Crippen molar-refractivity contribution in [2.75, 3.05) is 5.32 Å². The third kappa shape index (κ3) is 3.05. The van der Waals surface area contributed by atoms with Gasteiger partial charge in [-0.25, -0.2) is 4.79 Å². The highest BCUT2D eigenvalue weighted by Crippen LogP contribution is 2.34. The monoisotopic (exact) mass is 290 g/mol. The third-order valence-corrected chi connectivity index (χ3v) is 3.47. The first-order valence-corrected chi connectivity index (χ1v) is 6.38. The van der Waals surface area contributed by atoms with Gasteiger partial charge in [-0.05, 0) is 32.6 Å². The lowest BCUT2D eigenvalue weighted by molar-refractivity contribution is -0.141. The lowest BCUT2D eigenvalue weighted by Crippen LogP contribution is -2.37. The largest absolute Gasteiger partial charge is 0.435 e. The number of aromatic nitrogens is 2. The summed E-state index contributed by atoms with van der Waals surface area (Å²) in [5, 5.41) is 8.57. The number of hydrogen-bond acceptors (Lipinski definition) is 2. The average molecular weight is 290 g/mol.